The molecule has 3 atom stereocenters. The average molecular weight is 383 g/mol. The fourth-order valence-electron chi connectivity index (χ4n) is 6.26. The Morgan fingerprint density at radius 3 is 2.89 bits per heavy atom. The number of hydrogen-bond donors (Lipinski definition) is 0. The van der Waals surface area contributed by atoms with Crippen LogP contribution in [0.1, 0.15) is 42.8 Å². The average Bonchev–Trinajstić information content (AvgIpc) is 3.09. The van der Waals surface area contributed by atoms with Crippen molar-refractivity contribution in [3.8, 4) is 0 Å². The number of piperidine rings is 1. The van der Waals surface area contributed by atoms with Crippen LogP contribution < -0.4 is 0 Å². The first kappa shape index (κ1) is 17.5. The smallest absolute Gasteiger partial charge is 0.238 e. The van der Waals surface area contributed by atoms with Crippen LogP contribution in [0.25, 0.3) is 10.9 Å². The second kappa shape index (κ2) is 7.13. The maximum absolute atomic E-state index is 5.49. The minimum Gasteiger partial charge on any atom is -0.414 e. The maximum atomic E-state index is 5.49. The standard InChI is InChI=1S/C23H31N3O2/c1-2-6-20-18(5-1)19-7-9-25-8-3-4-17-16-21(26(20)23(19)22(17)25)28-15-12-24-10-13-27-14-11-24/h1-2,5-6,17,21-22H,3-4,7-16H2/p+1/t17-,21+,22+/m0/s1. The van der Waals surface area contributed by atoms with Gasteiger partial charge < -0.3 is 9.47 Å². The van der Waals surface area contributed by atoms with Crippen molar-refractivity contribution in [1.82, 2.24) is 14.4 Å². The van der Waals surface area contributed by atoms with Gasteiger partial charge in [-0.15, -0.1) is 0 Å². The maximum Gasteiger partial charge on any atom is 0.238 e. The highest BCUT2D eigenvalue weighted by Gasteiger charge is 2.46. The molecular weight excluding hydrogens is 350 g/mol. The van der Waals surface area contributed by atoms with Gasteiger partial charge in [0.25, 0.3) is 0 Å². The molecular formula is C23H32N3O2+. The van der Waals surface area contributed by atoms with Gasteiger partial charge in [0.05, 0.1) is 31.3 Å². The minimum atomic E-state index is 0.314. The molecule has 4 aliphatic heterocycles. The Balaban J connectivity index is 1.33. The number of rotatable bonds is 4. The zero-order chi connectivity index (χ0) is 18.5. The van der Waals surface area contributed by atoms with Crippen LogP contribution in [0.5, 0.6) is 0 Å². The predicted octanol–water partition coefficient (Wildman–Crippen LogP) is 2.71. The zero-order valence-electron chi connectivity index (χ0n) is 16.7. The lowest BCUT2D eigenvalue weighted by molar-refractivity contribution is -0.175. The van der Waals surface area contributed by atoms with Crippen molar-refractivity contribution in [1.29, 1.82) is 0 Å². The third kappa shape index (κ3) is 2.75. The number of fused-ring (bicyclic) bond motifs is 3. The molecule has 0 aliphatic carbocycles. The zero-order valence-corrected chi connectivity index (χ0v) is 16.7. The Morgan fingerprint density at radius 2 is 1.96 bits per heavy atom. The van der Waals surface area contributed by atoms with E-state index < -0.39 is 0 Å². The quantitative estimate of drug-likeness (QED) is 0.763. The SMILES string of the molecule is c1ccc2c(c1)c1c3n2[C@H]([OH+]CCN2CCOCC2)C[C@@H]2CCCN(CC1)[C@@H]32. The van der Waals surface area contributed by atoms with Gasteiger partial charge in [0.15, 0.2) is 6.61 Å². The molecule has 5 heterocycles. The number of nitrogens with zero attached hydrogens (tertiary/aromatic N) is 3. The van der Waals surface area contributed by atoms with Gasteiger partial charge in [0.1, 0.15) is 0 Å². The summed E-state index contributed by atoms with van der Waals surface area (Å²) in [5, 5.41) is 1.48. The van der Waals surface area contributed by atoms with E-state index >= 15 is 0 Å². The van der Waals surface area contributed by atoms with E-state index in [1.807, 2.05) is 0 Å². The van der Waals surface area contributed by atoms with Crippen molar-refractivity contribution in [2.24, 2.45) is 5.92 Å². The Kier molecular flexibility index (Phi) is 4.45. The van der Waals surface area contributed by atoms with Crippen LogP contribution in [0.2, 0.25) is 0 Å². The molecule has 2 fully saturated rings. The van der Waals surface area contributed by atoms with E-state index in [2.05, 4.69) is 38.6 Å². The van der Waals surface area contributed by atoms with Crippen LogP contribution in [-0.2, 0) is 11.2 Å². The fraction of sp³-hybridized carbons (Fsp3) is 0.652. The first-order valence-corrected chi connectivity index (χ1v) is 11.2. The van der Waals surface area contributed by atoms with E-state index in [4.69, 9.17) is 9.47 Å². The summed E-state index contributed by atoms with van der Waals surface area (Å²) in [5.74, 6) is 0.779. The third-order valence-electron chi connectivity index (χ3n) is 7.52. The predicted molar refractivity (Wildman–Crippen MR) is 111 cm³/mol. The van der Waals surface area contributed by atoms with Crippen LogP contribution in [0, 0.1) is 5.92 Å². The number of aliphatic hydroxyl groups is 2. The number of morpholine rings is 1. The first-order chi connectivity index (χ1) is 13.9. The van der Waals surface area contributed by atoms with Gasteiger partial charge in [-0.25, -0.2) is 0 Å². The van der Waals surface area contributed by atoms with Gasteiger partial charge in [-0.1, -0.05) is 18.2 Å². The summed E-state index contributed by atoms with van der Waals surface area (Å²) in [5.41, 5.74) is 4.65. The second-order valence-corrected chi connectivity index (χ2v) is 8.96. The van der Waals surface area contributed by atoms with E-state index in [0.29, 0.717) is 12.3 Å². The van der Waals surface area contributed by atoms with Gasteiger partial charge in [-0.2, -0.15) is 0 Å². The van der Waals surface area contributed by atoms with Crippen LogP contribution in [0.3, 0.4) is 0 Å². The summed E-state index contributed by atoms with van der Waals surface area (Å²) in [6, 6.07) is 9.71. The topological polar surface area (TPSA) is 33.4 Å². The molecule has 1 N–H and O–H groups in total. The van der Waals surface area contributed by atoms with Crippen molar-refractivity contribution in [3.63, 3.8) is 0 Å². The molecule has 0 saturated carbocycles. The number of para-hydroxylation sites is 1. The van der Waals surface area contributed by atoms with E-state index in [-0.39, 0.29) is 0 Å². The molecule has 2 saturated heterocycles. The van der Waals surface area contributed by atoms with E-state index in [9.17, 15) is 0 Å². The highest BCUT2D eigenvalue weighted by molar-refractivity contribution is 5.86. The summed E-state index contributed by atoms with van der Waals surface area (Å²) in [6.45, 7) is 8.39. The van der Waals surface area contributed by atoms with Gasteiger partial charge in [-0.05, 0) is 43.4 Å². The monoisotopic (exact) mass is 382 g/mol. The Morgan fingerprint density at radius 1 is 1.07 bits per heavy atom. The summed E-state index contributed by atoms with van der Waals surface area (Å²) in [7, 11) is 0. The molecule has 150 valence electrons. The molecule has 0 unspecified atom stereocenters. The molecule has 0 spiro atoms. The second-order valence-electron chi connectivity index (χ2n) is 8.96. The number of benzene rings is 1. The lowest BCUT2D eigenvalue weighted by Crippen LogP contribution is -2.48. The van der Waals surface area contributed by atoms with Gasteiger partial charge in [0, 0.05) is 37.1 Å². The summed E-state index contributed by atoms with van der Waals surface area (Å²) < 4.78 is 13.4. The largest absolute Gasteiger partial charge is 0.414 e. The lowest BCUT2D eigenvalue weighted by atomic mass is 9.78. The van der Waals surface area contributed by atoms with E-state index in [0.717, 1.165) is 45.4 Å². The summed E-state index contributed by atoms with van der Waals surface area (Å²) >= 11 is 0. The highest BCUT2D eigenvalue weighted by atomic mass is 16.5. The Bertz CT molecular complexity index is 857. The van der Waals surface area contributed by atoms with Gasteiger partial charge in [0.2, 0.25) is 6.23 Å². The highest BCUT2D eigenvalue weighted by Crippen LogP contribution is 2.51. The van der Waals surface area contributed by atoms with Crippen LogP contribution in [0.15, 0.2) is 24.3 Å². The molecule has 28 heavy (non-hydrogen) atoms. The molecule has 0 bridgehead atoms. The third-order valence-corrected chi connectivity index (χ3v) is 7.52. The first-order valence-electron chi connectivity index (χ1n) is 11.2. The van der Waals surface area contributed by atoms with Gasteiger partial charge >= 0.3 is 0 Å². The fourth-order valence-corrected chi connectivity index (χ4v) is 6.26. The van der Waals surface area contributed by atoms with Crippen molar-refractivity contribution in [3.05, 3.63) is 35.5 Å². The van der Waals surface area contributed by atoms with Crippen molar-refractivity contribution < 1.29 is 9.47 Å². The van der Waals surface area contributed by atoms with Crippen molar-refractivity contribution in [2.45, 2.75) is 38.0 Å². The minimum absolute atomic E-state index is 0.314. The summed E-state index contributed by atoms with van der Waals surface area (Å²) in [6.07, 6.45) is 5.46. The molecule has 1 aromatic heterocycles. The van der Waals surface area contributed by atoms with E-state index in [1.165, 1.54) is 49.7 Å². The molecule has 5 heteroatoms. The molecule has 6 rings (SSSR count). The molecule has 2 aromatic rings. The summed E-state index contributed by atoms with van der Waals surface area (Å²) in [4.78, 5) is 5.28. The Labute approximate surface area is 167 Å². The molecule has 0 radical (unpaired) electrons. The van der Waals surface area contributed by atoms with E-state index in [1.54, 1.807) is 11.3 Å². The van der Waals surface area contributed by atoms with Crippen molar-refractivity contribution in [2.75, 3.05) is 52.5 Å². The van der Waals surface area contributed by atoms with Crippen molar-refractivity contribution >= 4 is 10.9 Å². The molecule has 1 aromatic carbocycles. The number of aromatic nitrogens is 1. The number of ether oxygens (including phenoxy) is 2. The lowest BCUT2D eigenvalue weighted by Gasteiger charge is -2.48. The van der Waals surface area contributed by atoms with Crippen LogP contribution in [0.4, 0.5) is 0 Å². The van der Waals surface area contributed by atoms with Gasteiger partial charge in [-0.3, -0.25) is 14.4 Å². The molecule has 4 aliphatic rings. The Hall–Kier alpha value is -1.40. The van der Waals surface area contributed by atoms with Crippen LogP contribution in [-0.4, -0.2) is 71.6 Å². The molecule has 5 nitrogen and oxygen atoms in total. The van der Waals surface area contributed by atoms with Crippen LogP contribution >= 0.6 is 0 Å². The number of hydrogen-bond acceptors (Lipinski definition) is 3. The normalized spacial score (nSPS) is 30.5. The molecule has 0 amide bonds.